The number of aryl methyl sites for hydroxylation is 2. The predicted octanol–water partition coefficient (Wildman–Crippen LogP) is 1.05. The smallest absolute Gasteiger partial charge is 0.178 e. The van der Waals surface area contributed by atoms with Crippen molar-refractivity contribution in [3.63, 3.8) is 0 Å². The van der Waals surface area contributed by atoms with Gasteiger partial charge >= 0.3 is 0 Å². The Hall–Kier alpha value is -2.48. The fourth-order valence-electron chi connectivity index (χ4n) is 2.84. The lowest BCUT2D eigenvalue weighted by Gasteiger charge is -2.44. The molecule has 4 heterocycles. The summed E-state index contributed by atoms with van der Waals surface area (Å²) in [5.41, 5.74) is 1.70. The first-order valence-corrected chi connectivity index (χ1v) is 7.66. The van der Waals surface area contributed by atoms with Crippen LogP contribution in [0.15, 0.2) is 22.7 Å². The van der Waals surface area contributed by atoms with E-state index in [-0.39, 0.29) is 0 Å². The van der Waals surface area contributed by atoms with Crippen LogP contribution < -0.4 is 4.90 Å². The summed E-state index contributed by atoms with van der Waals surface area (Å²) < 4.78 is 7.06. The lowest BCUT2D eigenvalue weighted by Crippen LogP contribution is -2.58. The fourth-order valence-corrected chi connectivity index (χ4v) is 2.84. The largest absolute Gasteiger partial charge is 0.360 e. The van der Waals surface area contributed by atoms with Gasteiger partial charge in [-0.2, -0.15) is 4.52 Å². The van der Waals surface area contributed by atoms with E-state index in [1.807, 2.05) is 32.0 Å². The van der Waals surface area contributed by atoms with E-state index in [2.05, 4.69) is 37.3 Å². The maximum absolute atomic E-state index is 5.28. The Morgan fingerprint density at radius 3 is 2.83 bits per heavy atom. The number of hydrogen-bond donors (Lipinski definition) is 0. The van der Waals surface area contributed by atoms with E-state index in [1.165, 1.54) is 0 Å². The molecule has 0 atom stereocenters. The van der Waals surface area contributed by atoms with Crippen molar-refractivity contribution < 1.29 is 4.52 Å². The Balaban J connectivity index is 1.40. The van der Waals surface area contributed by atoms with Crippen molar-refractivity contribution >= 4 is 11.5 Å². The van der Waals surface area contributed by atoms with Crippen molar-refractivity contribution in [3.05, 3.63) is 35.5 Å². The molecule has 3 aromatic rings. The summed E-state index contributed by atoms with van der Waals surface area (Å²) in [4.78, 5) is 4.55. The first kappa shape index (κ1) is 14.1. The Morgan fingerprint density at radius 1 is 1.26 bits per heavy atom. The monoisotopic (exact) mass is 313 g/mol. The highest BCUT2D eigenvalue weighted by atomic mass is 16.5. The number of aromatic nitrogens is 5. The number of rotatable bonds is 4. The van der Waals surface area contributed by atoms with Gasteiger partial charge in [0.05, 0.1) is 12.2 Å². The lowest BCUT2D eigenvalue weighted by atomic mass is 10.1. The molecule has 120 valence electrons. The first-order chi connectivity index (χ1) is 11.1. The summed E-state index contributed by atoms with van der Waals surface area (Å²) in [6, 6.07) is 6.42. The van der Waals surface area contributed by atoms with Crippen LogP contribution in [0.2, 0.25) is 0 Å². The highest BCUT2D eigenvalue weighted by Crippen LogP contribution is 2.22. The number of hydrogen-bond acceptors (Lipinski definition) is 7. The molecule has 23 heavy (non-hydrogen) atoms. The van der Waals surface area contributed by atoms with Gasteiger partial charge in [0.15, 0.2) is 17.2 Å². The van der Waals surface area contributed by atoms with Crippen molar-refractivity contribution in [2.45, 2.75) is 26.4 Å². The molecule has 0 N–H and O–H groups in total. The summed E-state index contributed by atoms with van der Waals surface area (Å²) in [6.07, 6.45) is 0. The Kier molecular flexibility index (Phi) is 3.26. The van der Waals surface area contributed by atoms with Gasteiger partial charge in [-0.05, 0) is 33.0 Å². The van der Waals surface area contributed by atoms with Crippen LogP contribution in [0.5, 0.6) is 0 Å². The molecule has 0 aliphatic carbocycles. The van der Waals surface area contributed by atoms with Gasteiger partial charge in [-0.3, -0.25) is 4.90 Å². The van der Waals surface area contributed by atoms with E-state index < -0.39 is 0 Å². The summed E-state index contributed by atoms with van der Waals surface area (Å²) in [5.74, 6) is 2.67. The molecule has 4 rings (SSSR count). The third-order valence-corrected chi connectivity index (χ3v) is 4.30. The van der Waals surface area contributed by atoms with Crippen molar-refractivity contribution in [1.82, 2.24) is 29.9 Å². The Morgan fingerprint density at radius 2 is 2.09 bits per heavy atom. The molecule has 0 saturated carbocycles. The van der Waals surface area contributed by atoms with Crippen LogP contribution in [0, 0.1) is 13.8 Å². The molecule has 0 spiro atoms. The molecular formula is C15H19N7O. The highest BCUT2D eigenvalue weighted by Gasteiger charge is 2.31. The number of fused-ring (bicyclic) bond motifs is 1. The third-order valence-electron chi connectivity index (χ3n) is 4.30. The first-order valence-electron chi connectivity index (χ1n) is 7.66. The summed E-state index contributed by atoms with van der Waals surface area (Å²) in [7, 11) is 2.11. The zero-order valence-electron chi connectivity index (χ0n) is 13.5. The van der Waals surface area contributed by atoms with Crippen LogP contribution in [0.25, 0.3) is 5.65 Å². The molecule has 0 radical (unpaired) electrons. The van der Waals surface area contributed by atoms with Crippen LogP contribution in [0.3, 0.4) is 0 Å². The zero-order valence-corrected chi connectivity index (χ0v) is 13.5. The van der Waals surface area contributed by atoms with Crippen LogP contribution in [-0.4, -0.2) is 56.0 Å². The standard InChI is InChI=1S/C15H19N7O/c1-10-6-13(23-19-10)9-20(3)12-7-21(8-12)15-5-4-14-17-16-11(2)22(14)18-15/h4-6,12H,7-9H2,1-3H3. The van der Waals surface area contributed by atoms with Crippen molar-refractivity contribution in [2.75, 3.05) is 25.0 Å². The second-order valence-corrected chi connectivity index (χ2v) is 6.12. The normalized spacial score (nSPS) is 15.6. The molecule has 0 unspecified atom stereocenters. The Bertz CT molecular complexity index is 833. The van der Waals surface area contributed by atoms with Crippen LogP contribution >= 0.6 is 0 Å². The van der Waals surface area contributed by atoms with Crippen molar-refractivity contribution in [2.24, 2.45) is 0 Å². The van der Waals surface area contributed by atoms with Crippen LogP contribution in [0.1, 0.15) is 17.3 Å². The zero-order chi connectivity index (χ0) is 16.0. The minimum atomic E-state index is 0.486. The summed E-state index contributed by atoms with van der Waals surface area (Å²) in [5, 5.41) is 16.6. The molecule has 0 aromatic carbocycles. The van der Waals surface area contributed by atoms with Crippen LogP contribution in [-0.2, 0) is 6.54 Å². The van der Waals surface area contributed by atoms with Gasteiger partial charge in [-0.15, -0.1) is 15.3 Å². The van der Waals surface area contributed by atoms with Gasteiger partial charge in [-0.1, -0.05) is 5.16 Å². The summed E-state index contributed by atoms with van der Waals surface area (Å²) >= 11 is 0. The minimum Gasteiger partial charge on any atom is -0.360 e. The fraction of sp³-hybridized carbons (Fsp3) is 0.467. The molecule has 1 saturated heterocycles. The number of nitrogens with zero attached hydrogens (tertiary/aromatic N) is 7. The van der Waals surface area contributed by atoms with E-state index in [0.717, 1.165) is 48.4 Å². The van der Waals surface area contributed by atoms with E-state index in [0.29, 0.717) is 6.04 Å². The minimum absolute atomic E-state index is 0.486. The van der Waals surface area contributed by atoms with E-state index in [1.54, 1.807) is 4.52 Å². The Labute approximate surface area is 133 Å². The molecule has 1 aliphatic heterocycles. The number of likely N-dealkylation sites (N-methyl/N-ethyl adjacent to an activating group) is 1. The van der Waals surface area contributed by atoms with Gasteiger partial charge in [0.1, 0.15) is 5.82 Å². The number of anilines is 1. The van der Waals surface area contributed by atoms with Gasteiger partial charge in [-0.25, -0.2) is 0 Å². The van der Waals surface area contributed by atoms with Gasteiger partial charge in [0.2, 0.25) is 0 Å². The van der Waals surface area contributed by atoms with Crippen molar-refractivity contribution in [3.8, 4) is 0 Å². The quantitative estimate of drug-likeness (QED) is 0.712. The molecule has 0 amide bonds. The van der Waals surface area contributed by atoms with E-state index >= 15 is 0 Å². The van der Waals surface area contributed by atoms with E-state index in [9.17, 15) is 0 Å². The average molecular weight is 313 g/mol. The van der Waals surface area contributed by atoms with Gasteiger partial charge in [0.25, 0.3) is 0 Å². The second-order valence-electron chi connectivity index (χ2n) is 6.12. The SMILES string of the molecule is Cc1cc(CN(C)C2CN(c3ccc4nnc(C)n4n3)C2)on1. The second kappa shape index (κ2) is 5.31. The molecule has 8 nitrogen and oxygen atoms in total. The average Bonchev–Trinajstić information content (AvgIpc) is 3.04. The summed E-state index contributed by atoms with van der Waals surface area (Å²) in [6.45, 7) is 6.51. The molecular weight excluding hydrogens is 294 g/mol. The molecule has 1 aliphatic rings. The van der Waals surface area contributed by atoms with Gasteiger partial charge in [0, 0.05) is 25.2 Å². The topological polar surface area (TPSA) is 75.6 Å². The molecule has 1 fully saturated rings. The highest BCUT2D eigenvalue weighted by molar-refractivity contribution is 5.47. The molecule has 3 aromatic heterocycles. The predicted molar refractivity (Wildman–Crippen MR) is 84.2 cm³/mol. The van der Waals surface area contributed by atoms with Crippen molar-refractivity contribution in [1.29, 1.82) is 0 Å². The van der Waals surface area contributed by atoms with Crippen LogP contribution in [0.4, 0.5) is 5.82 Å². The molecule has 0 bridgehead atoms. The maximum Gasteiger partial charge on any atom is 0.178 e. The lowest BCUT2D eigenvalue weighted by molar-refractivity contribution is 0.177. The van der Waals surface area contributed by atoms with Gasteiger partial charge < -0.3 is 9.42 Å². The molecule has 8 heteroatoms. The van der Waals surface area contributed by atoms with E-state index in [4.69, 9.17) is 4.52 Å². The third kappa shape index (κ3) is 2.55. The maximum atomic E-state index is 5.28.